The monoisotopic (exact) mass is 398 g/mol. The zero-order valence-electron chi connectivity index (χ0n) is 13.8. The molecular formula is C14H17F3N2O6S. The summed E-state index contributed by atoms with van der Waals surface area (Å²) in [6, 6.07) is 2.97. The van der Waals surface area contributed by atoms with E-state index in [4.69, 9.17) is 5.11 Å². The van der Waals surface area contributed by atoms with E-state index in [0.29, 0.717) is 12.1 Å². The fourth-order valence-corrected chi connectivity index (χ4v) is 2.90. The van der Waals surface area contributed by atoms with Gasteiger partial charge in [-0.1, -0.05) is 6.07 Å². The predicted octanol–water partition coefficient (Wildman–Crippen LogP) is 0.590. The van der Waals surface area contributed by atoms with E-state index in [1.165, 1.54) is 7.11 Å². The highest BCUT2D eigenvalue weighted by molar-refractivity contribution is 7.89. The van der Waals surface area contributed by atoms with E-state index >= 15 is 0 Å². The lowest BCUT2D eigenvalue weighted by Crippen LogP contribution is -2.57. The van der Waals surface area contributed by atoms with Gasteiger partial charge in [-0.2, -0.15) is 13.2 Å². The van der Waals surface area contributed by atoms with Crippen molar-refractivity contribution in [1.29, 1.82) is 0 Å². The maximum absolute atomic E-state index is 12.7. The standard InChI is InChI=1S/C14H17F3N2O6S/c1-13(8-25-2,12(21)22)19-11(20)7-18-26(23,24)10-5-3-4-9(6-10)14(15,16)17/h3-6,18H,7-8H2,1-2H3,(H,19,20)(H,21,22). The fourth-order valence-electron chi connectivity index (χ4n) is 1.88. The van der Waals surface area contributed by atoms with Gasteiger partial charge >= 0.3 is 12.1 Å². The summed E-state index contributed by atoms with van der Waals surface area (Å²) in [6.45, 7) is -0.0996. The SMILES string of the molecule is COCC(C)(NC(=O)CNS(=O)(=O)c1cccc(C(F)(F)F)c1)C(=O)O. The number of nitrogens with one attached hydrogen (secondary N) is 2. The Hall–Kier alpha value is -2.18. The molecule has 1 rings (SSSR count). The van der Waals surface area contributed by atoms with Gasteiger partial charge in [0, 0.05) is 7.11 Å². The Bertz CT molecular complexity index is 781. The second kappa shape index (κ2) is 8.01. The van der Waals surface area contributed by atoms with Crippen LogP contribution in [0, 0.1) is 0 Å². The number of amides is 1. The molecule has 1 amide bonds. The maximum Gasteiger partial charge on any atom is 0.416 e. The van der Waals surface area contributed by atoms with Crippen molar-refractivity contribution < 1.29 is 41.0 Å². The van der Waals surface area contributed by atoms with E-state index in [-0.39, 0.29) is 6.61 Å². The third kappa shape index (κ3) is 5.68. The molecule has 1 aromatic carbocycles. The number of ether oxygens (including phenoxy) is 1. The van der Waals surface area contributed by atoms with Crippen LogP contribution in [0.1, 0.15) is 12.5 Å². The lowest BCUT2D eigenvalue weighted by Gasteiger charge is -2.25. The van der Waals surface area contributed by atoms with Crippen molar-refractivity contribution in [2.24, 2.45) is 0 Å². The molecule has 0 bridgehead atoms. The number of benzene rings is 1. The summed E-state index contributed by atoms with van der Waals surface area (Å²) < 4.78 is 68.6. The Morgan fingerprint density at radius 1 is 1.27 bits per heavy atom. The Balaban J connectivity index is 2.86. The van der Waals surface area contributed by atoms with Gasteiger partial charge in [-0.05, 0) is 25.1 Å². The molecular weight excluding hydrogens is 381 g/mol. The predicted molar refractivity (Wildman–Crippen MR) is 82.7 cm³/mol. The van der Waals surface area contributed by atoms with E-state index in [0.717, 1.165) is 19.1 Å². The first-order valence-electron chi connectivity index (χ1n) is 7.02. The number of hydrogen-bond donors (Lipinski definition) is 3. The Labute approximate surface area is 147 Å². The third-order valence-electron chi connectivity index (χ3n) is 3.21. The molecule has 1 aromatic rings. The molecule has 0 spiro atoms. The molecule has 8 nitrogen and oxygen atoms in total. The summed E-state index contributed by atoms with van der Waals surface area (Å²) >= 11 is 0. The second-order valence-corrected chi connectivity index (χ2v) is 7.24. The van der Waals surface area contributed by atoms with Crippen LogP contribution < -0.4 is 10.0 Å². The number of carboxylic acids is 1. The van der Waals surface area contributed by atoms with Crippen molar-refractivity contribution in [2.45, 2.75) is 23.5 Å². The van der Waals surface area contributed by atoms with Crippen molar-refractivity contribution in [2.75, 3.05) is 20.3 Å². The van der Waals surface area contributed by atoms with Crippen LogP contribution in [0.4, 0.5) is 13.2 Å². The Kier molecular flexibility index (Phi) is 6.74. The van der Waals surface area contributed by atoms with Gasteiger partial charge < -0.3 is 15.2 Å². The van der Waals surface area contributed by atoms with Gasteiger partial charge in [0.1, 0.15) is 0 Å². The number of sulfonamides is 1. The van der Waals surface area contributed by atoms with Crippen LogP contribution in [0.2, 0.25) is 0 Å². The summed E-state index contributed by atoms with van der Waals surface area (Å²) in [6.07, 6.45) is -4.73. The number of rotatable bonds is 8. The highest BCUT2D eigenvalue weighted by Gasteiger charge is 2.35. The zero-order valence-corrected chi connectivity index (χ0v) is 14.6. The molecule has 1 unspecified atom stereocenters. The highest BCUT2D eigenvalue weighted by atomic mass is 32.2. The van der Waals surface area contributed by atoms with Crippen LogP contribution >= 0.6 is 0 Å². The minimum atomic E-state index is -4.73. The number of alkyl halides is 3. The number of carboxylic acid groups (broad SMARTS) is 1. The van der Waals surface area contributed by atoms with Gasteiger partial charge in [0.25, 0.3) is 0 Å². The van der Waals surface area contributed by atoms with Gasteiger partial charge in [-0.3, -0.25) is 4.79 Å². The molecule has 26 heavy (non-hydrogen) atoms. The molecule has 0 saturated carbocycles. The number of methoxy groups -OCH3 is 1. The second-order valence-electron chi connectivity index (χ2n) is 5.47. The molecule has 1 atom stereocenters. The van der Waals surface area contributed by atoms with Crippen molar-refractivity contribution in [3.63, 3.8) is 0 Å². The average Bonchev–Trinajstić information content (AvgIpc) is 2.52. The van der Waals surface area contributed by atoms with Crippen LogP contribution in [-0.2, 0) is 30.5 Å². The first-order chi connectivity index (χ1) is 11.8. The topological polar surface area (TPSA) is 122 Å². The minimum Gasteiger partial charge on any atom is -0.479 e. The number of halogens is 3. The van der Waals surface area contributed by atoms with Gasteiger partial charge in [-0.25, -0.2) is 17.9 Å². The Morgan fingerprint density at radius 3 is 2.38 bits per heavy atom. The summed E-state index contributed by atoms with van der Waals surface area (Å²) in [7, 11) is -3.20. The summed E-state index contributed by atoms with van der Waals surface area (Å²) in [5.74, 6) is -2.41. The highest BCUT2D eigenvalue weighted by Crippen LogP contribution is 2.30. The molecule has 146 valence electrons. The van der Waals surface area contributed by atoms with Crippen LogP contribution in [0.5, 0.6) is 0 Å². The molecule has 0 aliphatic heterocycles. The van der Waals surface area contributed by atoms with Crippen LogP contribution in [0.25, 0.3) is 0 Å². The molecule has 0 fully saturated rings. The maximum atomic E-state index is 12.7. The molecule has 0 saturated heterocycles. The van der Waals surface area contributed by atoms with Crippen molar-refractivity contribution in [3.05, 3.63) is 29.8 Å². The minimum absolute atomic E-state index is 0.381. The first-order valence-corrected chi connectivity index (χ1v) is 8.50. The number of carbonyl (C=O) groups is 2. The van der Waals surface area contributed by atoms with E-state index in [2.05, 4.69) is 10.1 Å². The van der Waals surface area contributed by atoms with Crippen molar-refractivity contribution in [1.82, 2.24) is 10.0 Å². The number of carbonyl (C=O) groups excluding carboxylic acids is 1. The Morgan fingerprint density at radius 2 is 1.88 bits per heavy atom. The van der Waals surface area contributed by atoms with Crippen molar-refractivity contribution in [3.8, 4) is 0 Å². The van der Waals surface area contributed by atoms with E-state index in [9.17, 15) is 31.2 Å². The summed E-state index contributed by atoms with van der Waals surface area (Å²) in [4.78, 5) is 22.3. The smallest absolute Gasteiger partial charge is 0.416 e. The zero-order chi connectivity index (χ0) is 20.2. The van der Waals surface area contributed by atoms with Gasteiger partial charge in [0.05, 0.1) is 23.6 Å². The largest absolute Gasteiger partial charge is 0.479 e. The van der Waals surface area contributed by atoms with E-state index < -0.39 is 50.6 Å². The van der Waals surface area contributed by atoms with Crippen LogP contribution in [-0.4, -0.2) is 51.2 Å². The van der Waals surface area contributed by atoms with Crippen LogP contribution in [0.15, 0.2) is 29.2 Å². The fraction of sp³-hybridized carbons (Fsp3) is 0.429. The number of aliphatic carboxylic acids is 1. The molecule has 0 heterocycles. The van der Waals surface area contributed by atoms with Gasteiger partial charge in [0.2, 0.25) is 15.9 Å². The van der Waals surface area contributed by atoms with E-state index in [1.54, 1.807) is 0 Å². The van der Waals surface area contributed by atoms with Gasteiger partial charge in [0.15, 0.2) is 5.54 Å². The lowest BCUT2D eigenvalue weighted by molar-refractivity contribution is -0.149. The van der Waals surface area contributed by atoms with Crippen LogP contribution in [0.3, 0.4) is 0 Å². The first kappa shape index (κ1) is 21.9. The summed E-state index contributed by atoms with van der Waals surface area (Å²) in [5, 5.41) is 11.2. The summed E-state index contributed by atoms with van der Waals surface area (Å²) in [5.41, 5.74) is -2.96. The quantitative estimate of drug-likeness (QED) is 0.589. The van der Waals surface area contributed by atoms with Gasteiger partial charge in [-0.15, -0.1) is 0 Å². The average molecular weight is 398 g/mol. The molecule has 0 aliphatic carbocycles. The van der Waals surface area contributed by atoms with Crippen molar-refractivity contribution >= 4 is 21.9 Å². The normalized spacial score (nSPS) is 14.5. The van der Waals surface area contributed by atoms with E-state index in [1.807, 2.05) is 4.72 Å². The molecule has 12 heteroatoms. The third-order valence-corrected chi connectivity index (χ3v) is 4.61. The molecule has 3 N–H and O–H groups in total. The molecule has 0 radical (unpaired) electrons. The molecule has 0 aromatic heterocycles. The molecule has 0 aliphatic rings. The number of hydrogen-bond acceptors (Lipinski definition) is 5. The lowest BCUT2D eigenvalue weighted by atomic mass is 10.0.